The minimum atomic E-state index is -0.709. The lowest BCUT2D eigenvalue weighted by molar-refractivity contribution is 0.0839. The third-order valence-corrected chi connectivity index (χ3v) is 4.94. The van der Waals surface area contributed by atoms with E-state index < -0.39 is 5.60 Å². The number of hydrogen-bond donors (Lipinski definition) is 1. The molecule has 1 aromatic carbocycles. The molecule has 0 saturated carbocycles. The van der Waals surface area contributed by atoms with Crippen LogP contribution in [0, 0.1) is 0 Å². The van der Waals surface area contributed by atoms with Crippen molar-refractivity contribution >= 4 is 17.0 Å². The van der Waals surface area contributed by atoms with Crippen LogP contribution < -0.4 is 4.90 Å². The lowest BCUT2D eigenvalue weighted by Crippen LogP contribution is -2.31. The average Bonchev–Trinajstić information content (AvgIpc) is 3.17. The van der Waals surface area contributed by atoms with Crippen LogP contribution in [0.25, 0.3) is 11.2 Å². The van der Waals surface area contributed by atoms with Gasteiger partial charge in [0.25, 0.3) is 0 Å². The number of benzene rings is 1. The molecule has 1 N–H and O–H groups in total. The first-order valence-electron chi connectivity index (χ1n) is 9.36. The van der Waals surface area contributed by atoms with Gasteiger partial charge in [0.2, 0.25) is 0 Å². The summed E-state index contributed by atoms with van der Waals surface area (Å²) in [5.41, 5.74) is 1.66. The van der Waals surface area contributed by atoms with Crippen LogP contribution in [0.1, 0.15) is 45.5 Å². The van der Waals surface area contributed by atoms with Crippen molar-refractivity contribution in [3.8, 4) is 0 Å². The maximum Gasteiger partial charge on any atom is 0.184 e. The Morgan fingerprint density at radius 3 is 2.52 bits per heavy atom. The van der Waals surface area contributed by atoms with Crippen LogP contribution in [0.2, 0.25) is 0 Å². The Bertz CT molecular complexity index is 958. The van der Waals surface area contributed by atoms with Crippen molar-refractivity contribution in [3.63, 3.8) is 0 Å². The molecular weight excluding hydrogens is 340 g/mol. The highest BCUT2D eigenvalue weighted by atomic mass is 16.3. The van der Waals surface area contributed by atoms with E-state index in [4.69, 9.17) is 9.97 Å². The zero-order valence-electron chi connectivity index (χ0n) is 16.3. The Kier molecular flexibility index (Phi) is 4.14. The molecule has 4 rings (SSSR count). The number of nitrogens with zero attached hydrogens (tertiary/aromatic N) is 6. The SMILES string of the molecule is CC(C)(C)c1nc(N2CC[C@](C)(O)C2)c2nnn(Cc3ccccc3)c2n1. The molecule has 2 aromatic heterocycles. The number of fused-ring (bicyclic) bond motifs is 1. The van der Waals surface area contributed by atoms with Gasteiger partial charge < -0.3 is 10.0 Å². The first-order valence-corrected chi connectivity index (χ1v) is 9.36. The highest BCUT2D eigenvalue weighted by Gasteiger charge is 2.34. The third kappa shape index (κ3) is 3.51. The fraction of sp³-hybridized carbons (Fsp3) is 0.500. The van der Waals surface area contributed by atoms with E-state index in [1.165, 1.54) is 0 Å². The van der Waals surface area contributed by atoms with Crippen LogP contribution >= 0.6 is 0 Å². The number of hydrogen-bond acceptors (Lipinski definition) is 6. The standard InChI is InChI=1S/C20H26N6O/c1-19(2,3)18-21-16(25-11-10-20(4,27)13-25)15-17(22-18)26(24-23-15)12-14-8-6-5-7-9-14/h5-9,27H,10-13H2,1-4H3/t20-/m0/s1. The summed E-state index contributed by atoms with van der Waals surface area (Å²) in [7, 11) is 0. The molecule has 0 aliphatic carbocycles. The molecule has 7 heteroatoms. The van der Waals surface area contributed by atoms with Crippen molar-refractivity contribution in [1.82, 2.24) is 25.0 Å². The van der Waals surface area contributed by atoms with E-state index in [1.54, 1.807) is 0 Å². The Labute approximate surface area is 159 Å². The number of anilines is 1. The highest BCUT2D eigenvalue weighted by molar-refractivity contribution is 5.83. The van der Waals surface area contributed by atoms with Crippen LogP contribution in [0.15, 0.2) is 30.3 Å². The number of aliphatic hydroxyl groups is 1. The van der Waals surface area contributed by atoms with Gasteiger partial charge in [-0.2, -0.15) is 0 Å². The van der Waals surface area contributed by atoms with Crippen LogP contribution in [0.4, 0.5) is 5.82 Å². The monoisotopic (exact) mass is 366 g/mol. The first-order chi connectivity index (χ1) is 12.7. The summed E-state index contributed by atoms with van der Waals surface area (Å²) in [6.45, 7) is 10.1. The van der Waals surface area contributed by atoms with Gasteiger partial charge in [-0.15, -0.1) is 5.10 Å². The largest absolute Gasteiger partial charge is 0.388 e. The minimum absolute atomic E-state index is 0.201. The second-order valence-corrected chi connectivity index (χ2v) is 8.69. The predicted molar refractivity (Wildman–Crippen MR) is 105 cm³/mol. The molecule has 3 heterocycles. The summed E-state index contributed by atoms with van der Waals surface area (Å²) >= 11 is 0. The summed E-state index contributed by atoms with van der Waals surface area (Å²) in [5, 5.41) is 19.2. The van der Waals surface area contributed by atoms with Gasteiger partial charge in [-0.1, -0.05) is 56.3 Å². The van der Waals surface area contributed by atoms with Crippen molar-refractivity contribution in [1.29, 1.82) is 0 Å². The number of aromatic nitrogens is 5. The molecule has 1 saturated heterocycles. The fourth-order valence-corrected chi connectivity index (χ4v) is 3.39. The number of β-amino-alcohol motifs (C(OH)–C–C–N with tert-alkyl or cyclic N) is 1. The molecule has 0 spiro atoms. The third-order valence-electron chi connectivity index (χ3n) is 4.94. The molecule has 27 heavy (non-hydrogen) atoms. The van der Waals surface area contributed by atoms with Gasteiger partial charge in [0.1, 0.15) is 5.82 Å². The van der Waals surface area contributed by atoms with Gasteiger partial charge in [-0.25, -0.2) is 14.6 Å². The van der Waals surface area contributed by atoms with E-state index in [0.29, 0.717) is 25.0 Å². The highest BCUT2D eigenvalue weighted by Crippen LogP contribution is 2.31. The lowest BCUT2D eigenvalue weighted by atomic mass is 9.96. The molecule has 3 aromatic rings. The molecular formula is C20H26N6O. The molecule has 0 bridgehead atoms. The second-order valence-electron chi connectivity index (χ2n) is 8.69. The Balaban J connectivity index is 1.83. The van der Waals surface area contributed by atoms with E-state index in [9.17, 15) is 5.11 Å². The normalized spacial score (nSPS) is 20.6. The maximum absolute atomic E-state index is 10.4. The van der Waals surface area contributed by atoms with Gasteiger partial charge in [-0.05, 0) is 18.9 Å². The van der Waals surface area contributed by atoms with Gasteiger partial charge in [0.15, 0.2) is 17.0 Å². The zero-order chi connectivity index (χ0) is 19.2. The molecule has 0 radical (unpaired) electrons. The van der Waals surface area contributed by atoms with Crippen LogP contribution in [-0.2, 0) is 12.0 Å². The zero-order valence-corrected chi connectivity index (χ0v) is 16.3. The van der Waals surface area contributed by atoms with Crippen molar-refractivity contribution in [2.45, 2.75) is 51.7 Å². The summed E-state index contributed by atoms with van der Waals surface area (Å²) < 4.78 is 1.83. The molecule has 0 unspecified atom stereocenters. The smallest absolute Gasteiger partial charge is 0.184 e. The summed E-state index contributed by atoms with van der Waals surface area (Å²) in [6, 6.07) is 10.2. The maximum atomic E-state index is 10.4. The van der Waals surface area contributed by atoms with E-state index in [-0.39, 0.29) is 5.41 Å². The van der Waals surface area contributed by atoms with Crippen molar-refractivity contribution < 1.29 is 5.11 Å². The summed E-state index contributed by atoms with van der Waals surface area (Å²) in [5.74, 6) is 1.52. The molecule has 7 nitrogen and oxygen atoms in total. The van der Waals surface area contributed by atoms with Gasteiger partial charge >= 0.3 is 0 Å². The molecule has 1 aliphatic heterocycles. The molecule has 0 amide bonds. The molecule has 1 atom stereocenters. The van der Waals surface area contributed by atoms with Crippen LogP contribution in [-0.4, -0.2) is 48.8 Å². The summed E-state index contributed by atoms with van der Waals surface area (Å²) in [4.78, 5) is 11.7. The Hall–Kier alpha value is -2.54. The van der Waals surface area contributed by atoms with Gasteiger partial charge in [-0.3, -0.25) is 0 Å². The first kappa shape index (κ1) is 17.9. The minimum Gasteiger partial charge on any atom is -0.388 e. The van der Waals surface area contributed by atoms with E-state index in [0.717, 1.165) is 29.4 Å². The average molecular weight is 366 g/mol. The van der Waals surface area contributed by atoms with Crippen LogP contribution in [0.3, 0.4) is 0 Å². The van der Waals surface area contributed by atoms with E-state index in [1.807, 2.05) is 29.8 Å². The Morgan fingerprint density at radius 1 is 1.15 bits per heavy atom. The topological polar surface area (TPSA) is 80.0 Å². The lowest BCUT2D eigenvalue weighted by Gasteiger charge is -2.23. The molecule has 142 valence electrons. The number of rotatable bonds is 3. The molecule has 1 fully saturated rings. The molecule has 1 aliphatic rings. The van der Waals surface area contributed by atoms with Crippen molar-refractivity contribution in [2.24, 2.45) is 0 Å². The van der Waals surface area contributed by atoms with Gasteiger partial charge in [0, 0.05) is 18.5 Å². The second kappa shape index (κ2) is 6.27. The van der Waals surface area contributed by atoms with E-state index in [2.05, 4.69) is 48.1 Å². The predicted octanol–water partition coefficient (Wildman–Crippen LogP) is 2.53. The Morgan fingerprint density at radius 2 is 1.89 bits per heavy atom. The quantitative estimate of drug-likeness (QED) is 0.767. The van der Waals surface area contributed by atoms with Gasteiger partial charge in [0.05, 0.1) is 12.1 Å². The van der Waals surface area contributed by atoms with Crippen molar-refractivity contribution in [2.75, 3.05) is 18.0 Å². The fourth-order valence-electron chi connectivity index (χ4n) is 3.39. The summed E-state index contributed by atoms with van der Waals surface area (Å²) in [6.07, 6.45) is 0.710. The van der Waals surface area contributed by atoms with Crippen LogP contribution in [0.5, 0.6) is 0 Å². The van der Waals surface area contributed by atoms with Crippen molar-refractivity contribution in [3.05, 3.63) is 41.7 Å². The van der Waals surface area contributed by atoms with E-state index >= 15 is 0 Å².